The van der Waals surface area contributed by atoms with E-state index >= 15 is 0 Å². The van der Waals surface area contributed by atoms with Crippen LogP contribution in [0.15, 0.2) is 0 Å². The number of carbonyl (C=O) groups excluding carboxylic acids is 1. The van der Waals surface area contributed by atoms with E-state index < -0.39 is 0 Å². The van der Waals surface area contributed by atoms with Crippen LogP contribution in [-0.2, 0) is 9.53 Å². The van der Waals surface area contributed by atoms with E-state index in [9.17, 15) is 4.79 Å². The molecule has 0 spiro atoms. The lowest BCUT2D eigenvalue weighted by molar-refractivity contribution is -0.134. The number of hydrogen-bond acceptors (Lipinski definition) is 5. The van der Waals surface area contributed by atoms with Gasteiger partial charge in [0, 0.05) is 75.9 Å². The lowest BCUT2D eigenvalue weighted by atomic mass is 10.1. The molecule has 3 aliphatic rings. The van der Waals surface area contributed by atoms with E-state index in [1.165, 1.54) is 5.75 Å². The molecule has 0 aromatic heterocycles. The first-order chi connectivity index (χ1) is 10.3. The topological polar surface area (TPSA) is 44.8 Å². The molecular formula is C15H27N3O2S. The molecule has 120 valence electrons. The standard InChI is InChI=1S/C15H27N3O2S/c19-15(11-13-12-21-10-3-16-13)18-6-4-17(5-7-18)14-1-8-20-9-2-14/h13-14,16H,1-12H2. The first kappa shape index (κ1) is 15.6. The molecule has 3 saturated heterocycles. The quantitative estimate of drug-likeness (QED) is 0.817. The fraction of sp³-hybridized carbons (Fsp3) is 0.933. The minimum absolute atomic E-state index is 0.335. The Morgan fingerprint density at radius 2 is 1.95 bits per heavy atom. The van der Waals surface area contributed by atoms with Crippen molar-refractivity contribution in [2.75, 3.05) is 57.4 Å². The summed E-state index contributed by atoms with van der Waals surface area (Å²) >= 11 is 1.96. The van der Waals surface area contributed by atoms with Crippen molar-refractivity contribution >= 4 is 17.7 Å². The molecule has 0 aromatic rings. The maximum Gasteiger partial charge on any atom is 0.224 e. The summed E-state index contributed by atoms with van der Waals surface area (Å²) in [7, 11) is 0. The van der Waals surface area contributed by atoms with Crippen LogP contribution in [0.1, 0.15) is 19.3 Å². The van der Waals surface area contributed by atoms with E-state index in [2.05, 4.69) is 15.1 Å². The molecule has 3 rings (SSSR count). The first-order valence-electron chi connectivity index (χ1n) is 8.23. The minimum Gasteiger partial charge on any atom is -0.381 e. The largest absolute Gasteiger partial charge is 0.381 e. The van der Waals surface area contributed by atoms with Crippen LogP contribution in [0.4, 0.5) is 0 Å². The van der Waals surface area contributed by atoms with Gasteiger partial charge in [0.25, 0.3) is 0 Å². The highest BCUT2D eigenvalue weighted by Gasteiger charge is 2.28. The number of amides is 1. The number of rotatable bonds is 3. The number of nitrogens with one attached hydrogen (secondary N) is 1. The Hall–Kier alpha value is -0.300. The molecule has 1 atom stereocenters. The number of ether oxygens (including phenoxy) is 1. The second-order valence-electron chi connectivity index (χ2n) is 6.19. The first-order valence-corrected chi connectivity index (χ1v) is 9.39. The summed E-state index contributed by atoms with van der Waals surface area (Å²) in [4.78, 5) is 17.0. The van der Waals surface area contributed by atoms with Gasteiger partial charge in [-0.15, -0.1) is 0 Å². The molecule has 3 aliphatic heterocycles. The van der Waals surface area contributed by atoms with Crippen LogP contribution >= 0.6 is 11.8 Å². The van der Waals surface area contributed by atoms with Gasteiger partial charge in [0.05, 0.1) is 0 Å². The minimum atomic E-state index is 0.335. The maximum atomic E-state index is 12.4. The number of carbonyl (C=O) groups is 1. The van der Waals surface area contributed by atoms with E-state index in [0.717, 1.165) is 64.5 Å². The molecule has 1 amide bonds. The number of nitrogens with zero attached hydrogens (tertiary/aromatic N) is 2. The number of piperazine rings is 1. The highest BCUT2D eigenvalue weighted by molar-refractivity contribution is 7.99. The van der Waals surface area contributed by atoms with Crippen molar-refractivity contribution in [3.05, 3.63) is 0 Å². The summed E-state index contributed by atoms with van der Waals surface area (Å²) in [5.74, 6) is 2.59. The Morgan fingerprint density at radius 1 is 1.19 bits per heavy atom. The Bertz CT molecular complexity index is 336. The summed E-state index contributed by atoms with van der Waals surface area (Å²) in [5.41, 5.74) is 0. The van der Waals surface area contributed by atoms with Crippen LogP contribution < -0.4 is 5.32 Å². The van der Waals surface area contributed by atoms with Crippen molar-refractivity contribution in [3.63, 3.8) is 0 Å². The molecule has 3 heterocycles. The highest BCUT2D eigenvalue weighted by Crippen LogP contribution is 2.17. The second kappa shape index (κ2) is 7.81. The normalized spacial score (nSPS) is 29.5. The van der Waals surface area contributed by atoms with Crippen LogP contribution in [0, 0.1) is 0 Å². The lowest BCUT2D eigenvalue weighted by Crippen LogP contribution is -2.54. The molecule has 3 fully saturated rings. The number of thioether (sulfide) groups is 1. The molecule has 0 bridgehead atoms. The maximum absolute atomic E-state index is 12.4. The molecule has 21 heavy (non-hydrogen) atoms. The van der Waals surface area contributed by atoms with Gasteiger partial charge in [-0.1, -0.05) is 0 Å². The summed E-state index contributed by atoms with van der Waals surface area (Å²) in [6.07, 6.45) is 2.97. The van der Waals surface area contributed by atoms with Gasteiger partial charge in [-0.05, 0) is 12.8 Å². The molecule has 0 radical (unpaired) electrons. The van der Waals surface area contributed by atoms with E-state index in [0.29, 0.717) is 24.4 Å². The highest BCUT2D eigenvalue weighted by atomic mass is 32.2. The van der Waals surface area contributed by atoms with Gasteiger partial charge in [-0.3, -0.25) is 9.69 Å². The summed E-state index contributed by atoms with van der Waals surface area (Å²) in [5, 5.41) is 3.46. The summed E-state index contributed by atoms with van der Waals surface area (Å²) in [6.45, 7) is 6.70. The van der Waals surface area contributed by atoms with Gasteiger partial charge in [-0.25, -0.2) is 0 Å². The molecule has 0 saturated carbocycles. The average Bonchev–Trinajstić information content (AvgIpc) is 2.57. The SMILES string of the molecule is O=C(CC1CSCCN1)N1CCN(C2CCOCC2)CC1. The van der Waals surface area contributed by atoms with E-state index in [-0.39, 0.29) is 0 Å². The van der Waals surface area contributed by atoms with Crippen LogP contribution in [0.5, 0.6) is 0 Å². The molecule has 0 aromatic carbocycles. The van der Waals surface area contributed by atoms with Crippen molar-refractivity contribution in [2.45, 2.75) is 31.3 Å². The van der Waals surface area contributed by atoms with Crippen molar-refractivity contribution in [2.24, 2.45) is 0 Å². The van der Waals surface area contributed by atoms with Crippen molar-refractivity contribution in [1.82, 2.24) is 15.1 Å². The Morgan fingerprint density at radius 3 is 2.62 bits per heavy atom. The smallest absolute Gasteiger partial charge is 0.224 e. The molecular weight excluding hydrogens is 286 g/mol. The van der Waals surface area contributed by atoms with Crippen LogP contribution in [0.25, 0.3) is 0 Å². The zero-order valence-corrected chi connectivity index (χ0v) is 13.6. The van der Waals surface area contributed by atoms with Crippen LogP contribution in [0.3, 0.4) is 0 Å². The molecule has 0 aliphatic carbocycles. The van der Waals surface area contributed by atoms with Gasteiger partial charge in [0.15, 0.2) is 0 Å². The Balaban J connectivity index is 1.40. The zero-order valence-electron chi connectivity index (χ0n) is 12.8. The second-order valence-corrected chi connectivity index (χ2v) is 7.34. The van der Waals surface area contributed by atoms with Gasteiger partial charge >= 0.3 is 0 Å². The fourth-order valence-corrected chi connectivity index (χ4v) is 4.43. The third kappa shape index (κ3) is 4.34. The monoisotopic (exact) mass is 313 g/mol. The van der Waals surface area contributed by atoms with Crippen molar-refractivity contribution in [1.29, 1.82) is 0 Å². The third-order valence-electron chi connectivity index (χ3n) is 4.79. The molecule has 1 unspecified atom stereocenters. The molecule has 6 heteroatoms. The van der Waals surface area contributed by atoms with E-state index in [4.69, 9.17) is 4.74 Å². The third-order valence-corrected chi connectivity index (χ3v) is 5.92. The van der Waals surface area contributed by atoms with Gasteiger partial charge in [-0.2, -0.15) is 11.8 Å². The van der Waals surface area contributed by atoms with Crippen LogP contribution in [-0.4, -0.2) is 85.2 Å². The zero-order chi connectivity index (χ0) is 14.5. The number of hydrogen-bond donors (Lipinski definition) is 1. The Kier molecular flexibility index (Phi) is 5.80. The predicted molar refractivity (Wildman–Crippen MR) is 85.7 cm³/mol. The average molecular weight is 313 g/mol. The van der Waals surface area contributed by atoms with Crippen LogP contribution in [0.2, 0.25) is 0 Å². The summed E-state index contributed by atoms with van der Waals surface area (Å²) < 4.78 is 5.43. The van der Waals surface area contributed by atoms with Gasteiger partial charge < -0.3 is 15.0 Å². The van der Waals surface area contributed by atoms with Crippen molar-refractivity contribution in [3.8, 4) is 0 Å². The Labute approximate surface area is 131 Å². The lowest BCUT2D eigenvalue weighted by Gasteiger charge is -2.41. The predicted octanol–water partition coefficient (Wildman–Crippen LogP) is 0.405. The molecule has 5 nitrogen and oxygen atoms in total. The molecule has 1 N–H and O–H groups in total. The van der Waals surface area contributed by atoms with Gasteiger partial charge in [0.2, 0.25) is 5.91 Å². The summed E-state index contributed by atoms with van der Waals surface area (Å²) in [6, 6.07) is 1.05. The fourth-order valence-electron chi connectivity index (χ4n) is 3.48. The van der Waals surface area contributed by atoms with E-state index in [1.807, 2.05) is 11.8 Å². The van der Waals surface area contributed by atoms with Crippen molar-refractivity contribution < 1.29 is 9.53 Å². The van der Waals surface area contributed by atoms with E-state index in [1.54, 1.807) is 0 Å². The van der Waals surface area contributed by atoms with Gasteiger partial charge in [0.1, 0.15) is 0 Å².